The van der Waals surface area contributed by atoms with Crippen molar-refractivity contribution in [1.82, 2.24) is 24.4 Å². The van der Waals surface area contributed by atoms with Gasteiger partial charge in [0, 0.05) is 37.6 Å². The van der Waals surface area contributed by atoms with Crippen LogP contribution in [0.5, 0.6) is 0 Å². The summed E-state index contributed by atoms with van der Waals surface area (Å²) >= 11 is 0. The number of hydrogen-bond donors (Lipinski definition) is 1. The Morgan fingerprint density at radius 3 is 2.77 bits per heavy atom. The van der Waals surface area contributed by atoms with Crippen molar-refractivity contribution in [3.8, 4) is 0 Å². The molecule has 0 bridgehead atoms. The van der Waals surface area contributed by atoms with E-state index in [1.54, 1.807) is 21.8 Å². The molecule has 1 fully saturated rings. The van der Waals surface area contributed by atoms with Gasteiger partial charge in [0.25, 0.3) is 5.91 Å². The first-order valence-electron chi connectivity index (χ1n) is 9.16. The van der Waals surface area contributed by atoms with Crippen LogP contribution in [0.3, 0.4) is 0 Å². The first-order valence-corrected chi connectivity index (χ1v) is 9.16. The van der Waals surface area contributed by atoms with Crippen LogP contribution in [-0.4, -0.2) is 62.4 Å². The number of amides is 2. The molecule has 0 radical (unpaired) electrons. The van der Waals surface area contributed by atoms with Crippen molar-refractivity contribution in [3.63, 3.8) is 0 Å². The minimum Gasteiger partial charge on any atom is -0.369 e. The number of aromatic nitrogens is 3. The largest absolute Gasteiger partial charge is 0.369 e. The molecule has 3 heterocycles. The Morgan fingerprint density at radius 1 is 1.31 bits per heavy atom. The van der Waals surface area contributed by atoms with Gasteiger partial charge in [0.15, 0.2) is 5.65 Å². The Hall–Kier alpha value is -2.48. The highest BCUT2D eigenvalue weighted by atomic mass is 16.2. The number of hydrogen-bond acceptors (Lipinski definition) is 5. The van der Waals surface area contributed by atoms with E-state index in [0.29, 0.717) is 24.3 Å². The summed E-state index contributed by atoms with van der Waals surface area (Å²) < 4.78 is 1.65. The van der Waals surface area contributed by atoms with Crippen molar-refractivity contribution in [2.24, 2.45) is 11.7 Å². The van der Waals surface area contributed by atoms with E-state index in [-0.39, 0.29) is 17.7 Å². The Labute approximate surface area is 153 Å². The van der Waals surface area contributed by atoms with Gasteiger partial charge in [0.05, 0.1) is 12.1 Å². The number of likely N-dealkylation sites (tertiary alicyclic amines) is 1. The lowest BCUT2D eigenvalue weighted by molar-refractivity contribution is -0.123. The molecule has 1 aliphatic rings. The number of rotatable bonds is 6. The van der Waals surface area contributed by atoms with Crippen LogP contribution >= 0.6 is 0 Å². The van der Waals surface area contributed by atoms with Crippen LogP contribution < -0.4 is 5.73 Å². The van der Waals surface area contributed by atoms with Crippen LogP contribution in [0.25, 0.3) is 5.65 Å². The number of carbonyl (C=O) groups is 2. The highest BCUT2D eigenvalue weighted by molar-refractivity contribution is 5.99. The minimum atomic E-state index is -0.346. The average molecular weight is 358 g/mol. The van der Waals surface area contributed by atoms with Gasteiger partial charge in [0.1, 0.15) is 5.56 Å². The standard InChI is InChI=1S/C18H26N6O2/c1-3-22(4-2)10-13-8-20-17-15(9-21-24(17)11-13)18(26)23-7-5-6-14(12-23)16(19)25/h8-9,11,14H,3-7,10,12H2,1-2H3,(H2,19,25)/t14-/m1/s1. The number of fused-ring (bicyclic) bond motifs is 1. The molecule has 1 atom stereocenters. The van der Waals surface area contributed by atoms with Gasteiger partial charge < -0.3 is 10.6 Å². The minimum absolute atomic E-state index is 0.144. The predicted octanol–water partition coefficient (Wildman–Crippen LogP) is 0.909. The van der Waals surface area contributed by atoms with Gasteiger partial charge >= 0.3 is 0 Å². The molecule has 0 saturated carbocycles. The molecule has 2 N–H and O–H groups in total. The van der Waals surface area contributed by atoms with E-state index in [0.717, 1.165) is 38.0 Å². The average Bonchev–Trinajstić information content (AvgIpc) is 3.08. The SMILES string of the molecule is CCN(CC)Cc1cnc2c(C(=O)N3CCC[C@@H](C(N)=O)C3)cnn2c1. The maximum absolute atomic E-state index is 12.9. The first-order chi connectivity index (χ1) is 12.5. The molecule has 2 aromatic heterocycles. The zero-order valence-corrected chi connectivity index (χ0v) is 15.4. The van der Waals surface area contributed by atoms with E-state index < -0.39 is 0 Å². The molecule has 2 aromatic rings. The molecule has 0 unspecified atom stereocenters. The molecular formula is C18H26N6O2. The Bertz CT molecular complexity index is 798. The molecule has 1 saturated heterocycles. The first kappa shape index (κ1) is 18.3. The van der Waals surface area contributed by atoms with Gasteiger partial charge in [-0.2, -0.15) is 5.10 Å². The second kappa shape index (κ2) is 7.82. The number of primary amides is 1. The van der Waals surface area contributed by atoms with Crippen molar-refractivity contribution in [2.45, 2.75) is 33.2 Å². The fraction of sp³-hybridized carbons (Fsp3) is 0.556. The van der Waals surface area contributed by atoms with Crippen LogP contribution in [0.2, 0.25) is 0 Å². The zero-order valence-electron chi connectivity index (χ0n) is 15.4. The molecular weight excluding hydrogens is 332 g/mol. The number of carbonyl (C=O) groups excluding carboxylic acids is 2. The topological polar surface area (TPSA) is 96.8 Å². The molecule has 2 amide bonds. The quantitative estimate of drug-likeness (QED) is 0.828. The molecule has 0 spiro atoms. The Morgan fingerprint density at radius 2 is 2.08 bits per heavy atom. The highest BCUT2D eigenvalue weighted by Crippen LogP contribution is 2.20. The summed E-state index contributed by atoms with van der Waals surface area (Å²) in [6.45, 7) is 7.97. The highest BCUT2D eigenvalue weighted by Gasteiger charge is 2.29. The fourth-order valence-corrected chi connectivity index (χ4v) is 3.42. The van der Waals surface area contributed by atoms with E-state index >= 15 is 0 Å². The number of piperidine rings is 1. The monoisotopic (exact) mass is 358 g/mol. The van der Waals surface area contributed by atoms with Crippen LogP contribution in [0.15, 0.2) is 18.6 Å². The van der Waals surface area contributed by atoms with Crippen molar-refractivity contribution in [3.05, 3.63) is 29.7 Å². The summed E-state index contributed by atoms with van der Waals surface area (Å²) in [5, 5.41) is 4.30. The predicted molar refractivity (Wildman–Crippen MR) is 97.4 cm³/mol. The summed E-state index contributed by atoms with van der Waals surface area (Å²) in [5.74, 6) is -0.764. The van der Waals surface area contributed by atoms with Crippen LogP contribution in [0.4, 0.5) is 0 Å². The van der Waals surface area contributed by atoms with Gasteiger partial charge in [-0.25, -0.2) is 9.50 Å². The molecule has 0 aliphatic carbocycles. The number of nitrogens with two attached hydrogens (primary N) is 1. The second-order valence-electron chi connectivity index (χ2n) is 6.74. The summed E-state index contributed by atoms with van der Waals surface area (Å²) in [4.78, 5) is 32.8. The van der Waals surface area contributed by atoms with E-state index in [2.05, 4.69) is 28.8 Å². The molecule has 8 nitrogen and oxygen atoms in total. The van der Waals surface area contributed by atoms with E-state index in [9.17, 15) is 9.59 Å². The van der Waals surface area contributed by atoms with Gasteiger partial charge in [-0.1, -0.05) is 13.8 Å². The summed E-state index contributed by atoms with van der Waals surface area (Å²) in [6.07, 6.45) is 6.79. The van der Waals surface area contributed by atoms with Crippen LogP contribution in [-0.2, 0) is 11.3 Å². The van der Waals surface area contributed by atoms with Crippen molar-refractivity contribution in [2.75, 3.05) is 26.2 Å². The van der Waals surface area contributed by atoms with Gasteiger partial charge in [-0.15, -0.1) is 0 Å². The molecule has 0 aromatic carbocycles. The van der Waals surface area contributed by atoms with E-state index in [1.165, 1.54) is 0 Å². The number of nitrogens with zero attached hydrogens (tertiary/aromatic N) is 5. The lowest BCUT2D eigenvalue weighted by Crippen LogP contribution is -2.44. The maximum atomic E-state index is 12.9. The molecule has 26 heavy (non-hydrogen) atoms. The fourth-order valence-electron chi connectivity index (χ4n) is 3.42. The molecule has 3 rings (SSSR count). The third-order valence-electron chi connectivity index (χ3n) is 5.05. The lowest BCUT2D eigenvalue weighted by Gasteiger charge is -2.30. The van der Waals surface area contributed by atoms with Gasteiger partial charge in [0.2, 0.25) is 5.91 Å². The van der Waals surface area contributed by atoms with Crippen LogP contribution in [0, 0.1) is 5.92 Å². The summed E-state index contributed by atoms with van der Waals surface area (Å²) in [6, 6.07) is 0. The van der Waals surface area contributed by atoms with Crippen molar-refractivity contribution in [1.29, 1.82) is 0 Å². The molecule has 8 heteroatoms. The normalized spacial score (nSPS) is 17.8. The molecule has 140 valence electrons. The third-order valence-corrected chi connectivity index (χ3v) is 5.05. The van der Waals surface area contributed by atoms with E-state index in [4.69, 9.17) is 5.73 Å². The smallest absolute Gasteiger partial charge is 0.259 e. The van der Waals surface area contributed by atoms with Crippen molar-refractivity contribution >= 4 is 17.5 Å². The van der Waals surface area contributed by atoms with E-state index in [1.807, 2.05) is 6.20 Å². The molecule has 1 aliphatic heterocycles. The lowest BCUT2D eigenvalue weighted by atomic mass is 9.97. The maximum Gasteiger partial charge on any atom is 0.259 e. The summed E-state index contributed by atoms with van der Waals surface area (Å²) in [5.41, 5.74) is 7.46. The second-order valence-corrected chi connectivity index (χ2v) is 6.74. The Balaban J connectivity index is 1.80. The third kappa shape index (κ3) is 3.70. The van der Waals surface area contributed by atoms with Crippen LogP contribution in [0.1, 0.15) is 42.6 Å². The Kier molecular flexibility index (Phi) is 5.51. The van der Waals surface area contributed by atoms with Gasteiger partial charge in [-0.3, -0.25) is 14.5 Å². The van der Waals surface area contributed by atoms with Crippen molar-refractivity contribution < 1.29 is 9.59 Å². The summed E-state index contributed by atoms with van der Waals surface area (Å²) in [7, 11) is 0. The zero-order chi connectivity index (χ0) is 18.7. The van der Waals surface area contributed by atoms with Gasteiger partial charge in [-0.05, 0) is 25.9 Å².